The van der Waals surface area contributed by atoms with Crippen LogP contribution in [-0.4, -0.2) is 24.0 Å². The second kappa shape index (κ2) is 4.79. The molecule has 5 nitrogen and oxygen atoms in total. The second-order valence-corrected chi connectivity index (χ2v) is 4.67. The van der Waals surface area contributed by atoms with E-state index in [1.807, 2.05) is 0 Å². The molecule has 0 bridgehead atoms. The summed E-state index contributed by atoms with van der Waals surface area (Å²) in [5.41, 5.74) is 11.7. The summed E-state index contributed by atoms with van der Waals surface area (Å²) in [5, 5.41) is 0.526. The van der Waals surface area contributed by atoms with Crippen molar-refractivity contribution in [2.75, 3.05) is 23.7 Å². The van der Waals surface area contributed by atoms with E-state index < -0.39 is 0 Å². The zero-order chi connectivity index (χ0) is 12.4. The third-order valence-corrected chi connectivity index (χ3v) is 3.27. The Morgan fingerprint density at radius 2 is 2.12 bits per heavy atom. The van der Waals surface area contributed by atoms with Crippen LogP contribution < -0.4 is 16.4 Å². The number of hydrogen-bond acceptors (Lipinski definition) is 4. The van der Waals surface area contributed by atoms with Crippen molar-refractivity contribution in [3.63, 3.8) is 0 Å². The van der Waals surface area contributed by atoms with Gasteiger partial charge in [-0.05, 0) is 18.9 Å². The Labute approximate surface area is 105 Å². The Kier molecular flexibility index (Phi) is 3.38. The van der Waals surface area contributed by atoms with Crippen molar-refractivity contribution in [1.29, 1.82) is 0 Å². The molecule has 17 heavy (non-hydrogen) atoms. The lowest BCUT2D eigenvalue weighted by Crippen LogP contribution is -2.39. The molecule has 0 saturated carbocycles. The molecule has 1 aromatic rings. The number of hydrogen-bond donors (Lipinski definition) is 2. The molecule has 92 valence electrons. The number of nitrogen functional groups attached to an aromatic ring is 1. The molecular weight excluding hydrogens is 240 g/mol. The first-order valence-electron chi connectivity index (χ1n) is 5.53. The van der Waals surface area contributed by atoms with E-state index in [-0.39, 0.29) is 11.8 Å². The number of aromatic nitrogens is 1. The fourth-order valence-corrected chi connectivity index (χ4v) is 2.25. The fourth-order valence-electron chi connectivity index (χ4n) is 2.09. The van der Waals surface area contributed by atoms with Crippen LogP contribution in [0.15, 0.2) is 12.3 Å². The molecule has 2 rings (SSSR count). The topological polar surface area (TPSA) is 85.2 Å². The molecule has 0 aliphatic carbocycles. The number of halogens is 1. The van der Waals surface area contributed by atoms with Gasteiger partial charge in [0, 0.05) is 25.2 Å². The Balaban J connectivity index is 2.08. The van der Waals surface area contributed by atoms with Crippen LogP contribution >= 0.6 is 11.6 Å². The van der Waals surface area contributed by atoms with Crippen LogP contribution in [0.5, 0.6) is 0 Å². The summed E-state index contributed by atoms with van der Waals surface area (Å²) < 4.78 is 0. The molecule has 0 atom stereocenters. The third kappa shape index (κ3) is 2.61. The molecule has 1 aromatic heterocycles. The van der Waals surface area contributed by atoms with Crippen molar-refractivity contribution in [1.82, 2.24) is 4.98 Å². The number of pyridine rings is 1. The van der Waals surface area contributed by atoms with Gasteiger partial charge in [0.2, 0.25) is 5.91 Å². The first kappa shape index (κ1) is 12.0. The lowest BCUT2D eigenvalue weighted by molar-refractivity contribution is -0.122. The molecule has 6 heteroatoms. The van der Waals surface area contributed by atoms with Gasteiger partial charge >= 0.3 is 0 Å². The largest absolute Gasteiger partial charge is 0.396 e. The molecule has 1 aliphatic rings. The zero-order valence-electron chi connectivity index (χ0n) is 9.40. The summed E-state index contributed by atoms with van der Waals surface area (Å²) in [6, 6.07) is 1.68. The van der Waals surface area contributed by atoms with E-state index in [0.29, 0.717) is 10.7 Å². The minimum absolute atomic E-state index is 0.0280. The molecule has 1 fully saturated rings. The Morgan fingerprint density at radius 1 is 1.47 bits per heavy atom. The zero-order valence-corrected chi connectivity index (χ0v) is 10.2. The number of nitrogens with zero attached hydrogens (tertiary/aromatic N) is 2. The summed E-state index contributed by atoms with van der Waals surface area (Å²) in [4.78, 5) is 17.3. The van der Waals surface area contributed by atoms with Crippen molar-refractivity contribution in [2.24, 2.45) is 11.7 Å². The summed E-state index contributed by atoms with van der Waals surface area (Å²) in [5.74, 6) is 0.485. The smallest absolute Gasteiger partial charge is 0.220 e. The van der Waals surface area contributed by atoms with Gasteiger partial charge in [-0.15, -0.1) is 0 Å². The van der Waals surface area contributed by atoms with Crippen molar-refractivity contribution < 1.29 is 4.79 Å². The van der Waals surface area contributed by atoms with Crippen LogP contribution in [0.25, 0.3) is 0 Å². The first-order chi connectivity index (χ1) is 8.08. The number of carbonyl (C=O) groups excluding carboxylic acids is 1. The Hall–Kier alpha value is -1.49. The number of amides is 1. The fraction of sp³-hybridized carbons (Fsp3) is 0.455. The Morgan fingerprint density at radius 3 is 2.65 bits per heavy atom. The predicted molar refractivity (Wildman–Crippen MR) is 67.8 cm³/mol. The maximum atomic E-state index is 11.1. The van der Waals surface area contributed by atoms with Crippen molar-refractivity contribution >= 4 is 29.0 Å². The molecule has 0 radical (unpaired) electrons. The van der Waals surface area contributed by atoms with Crippen LogP contribution in [0, 0.1) is 5.92 Å². The lowest BCUT2D eigenvalue weighted by Gasteiger charge is -2.32. The van der Waals surface area contributed by atoms with Crippen LogP contribution in [0.3, 0.4) is 0 Å². The number of carbonyl (C=O) groups is 1. The summed E-state index contributed by atoms with van der Waals surface area (Å²) in [7, 11) is 0. The van der Waals surface area contributed by atoms with Gasteiger partial charge in [-0.3, -0.25) is 4.79 Å². The average Bonchev–Trinajstić information content (AvgIpc) is 2.29. The van der Waals surface area contributed by atoms with E-state index in [9.17, 15) is 4.79 Å². The highest BCUT2D eigenvalue weighted by Crippen LogP contribution is 2.27. The number of nitrogens with two attached hydrogens (primary N) is 2. The molecule has 2 heterocycles. The predicted octanol–water partition coefficient (Wildman–Crippen LogP) is 1.02. The first-order valence-corrected chi connectivity index (χ1v) is 5.91. The molecule has 0 unspecified atom stereocenters. The highest BCUT2D eigenvalue weighted by molar-refractivity contribution is 6.30. The molecule has 0 spiro atoms. The Bertz CT molecular complexity index is 429. The molecule has 1 aliphatic heterocycles. The average molecular weight is 255 g/mol. The monoisotopic (exact) mass is 254 g/mol. The van der Waals surface area contributed by atoms with Gasteiger partial charge in [-0.1, -0.05) is 11.6 Å². The van der Waals surface area contributed by atoms with Gasteiger partial charge in [-0.25, -0.2) is 4.98 Å². The highest BCUT2D eigenvalue weighted by Gasteiger charge is 2.24. The van der Waals surface area contributed by atoms with Crippen LogP contribution in [0.1, 0.15) is 12.8 Å². The van der Waals surface area contributed by atoms with E-state index in [4.69, 9.17) is 23.1 Å². The SMILES string of the molecule is NC(=O)C1CCN(c2ncc(Cl)cc2N)CC1. The van der Waals surface area contributed by atoms with Gasteiger partial charge < -0.3 is 16.4 Å². The van der Waals surface area contributed by atoms with E-state index in [0.717, 1.165) is 31.7 Å². The third-order valence-electron chi connectivity index (χ3n) is 3.06. The maximum absolute atomic E-state index is 11.1. The van der Waals surface area contributed by atoms with Crippen molar-refractivity contribution in [3.8, 4) is 0 Å². The number of primary amides is 1. The standard InChI is InChI=1S/C11H15ClN4O/c12-8-5-9(13)11(15-6-8)16-3-1-7(2-4-16)10(14)17/h5-7H,1-4,13H2,(H2,14,17). The van der Waals surface area contributed by atoms with E-state index in [2.05, 4.69) is 9.88 Å². The van der Waals surface area contributed by atoms with Gasteiger partial charge in [0.15, 0.2) is 5.82 Å². The number of piperidine rings is 1. The number of rotatable bonds is 2. The normalized spacial score (nSPS) is 17.1. The molecule has 4 N–H and O–H groups in total. The number of anilines is 2. The highest BCUT2D eigenvalue weighted by atomic mass is 35.5. The van der Waals surface area contributed by atoms with Crippen molar-refractivity contribution in [3.05, 3.63) is 17.3 Å². The van der Waals surface area contributed by atoms with Gasteiger partial charge in [0.1, 0.15) is 0 Å². The van der Waals surface area contributed by atoms with E-state index in [1.54, 1.807) is 12.3 Å². The second-order valence-electron chi connectivity index (χ2n) is 4.23. The molecule has 0 aromatic carbocycles. The van der Waals surface area contributed by atoms with Gasteiger partial charge in [-0.2, -0.15) is 0 Å². The van der Waals surface area contributed by atoms with Gasteiger partial charge in [0.05, 0.1) is 10.7 Å². The van der Waals surface area contributed by atoms with Crippen LogP contribution in [0.4, 0.5) is 11.5 Å². The summed E-state index contributed by atoms with van der Waals surface area (Å²) in [6.45, 7) is 1.48. The molecule has 1 amide bonds. The van der Waals surface area contributed by atoms with Gasteiger partial charge in [0.25, 0.3) is 0 Å². The van der Waals surface area contributed by atoms with Crippen molar-refractivity contribution in [2.45, 2.75) is 12.8 Å². The van der Waals surface area contributed by atoms with Crippen LogP contribution in [-0.2, 0) is 4.79 Å². The summed E-state index contributed by atoms with van der Waals surface area (Å²) in [6.07, 6.45) is 3.07. The molecule has 1 saturated heterocycles. The quantitative estimate of drug-likeness (QED) is 0.825. The lowest BCUT2D eigenvalue weighted by atomic mass is 9.96. The van der Waals surface area contributed by atoms with E-state index in [1.165, 1.54) is 0 Å². The molecular formula is C11H15ClN4O. The van der Waals surface area contributed by atoms with Crippen LogP contribution in [0.2, 0.25) is 5.02 Å². The minimum atomic E-state index is -0.221. The minimum Gasteiger partial charge on any atom is -0.396 e. The summed E-state index contributed by atoms with van der Waals surface area (Å²) >= 11 is 5.80. The maximum Gasteiger partial charge on any atom is 0.220 e. The van der Waals surface area contributed by atoms with E-state index >= 15 is 0 Å².